The fourth-order valence-electron chi connectivity index (χ4n) is 5.27. The summed E-state index contributed by atoms with van der Waals surface area (Å²) in [4.78, 5) is 40.2. The van der Waals surface area contributed by atoms with Crippen molar-refractivity contribution in [2.45, 2.75) is 51.0 Å². The van der Waals surface area contributed by atoms with Crippen LogP contribution in [0.2, 0.25) is 0 Å². The van der Waals surface area contributed by atoms with E-state index in [1.807, 2.05) is 12.1 Å². The number of carbonyl (C=O) groups excluding carboxylic acids is 2. The number of likely N-dealkylation sites (tertiary alicyclic amines) is 1. The number of piperidine rings is 1. The molecule has 0 saturated carbocycles. The molecule has 0 aromatic heterocycles. The summed E-state index contributed by atoms with van der Waals surface area (Å²) >= 11 is 0. The van der Waals surface area contributed by atoms with Crippen molar-refractivity contribution in [1.82, 2.24) is 9.80 Å². The van der Waals surface area contributed by atoms with Crippen molar-refractivity contribution in [3.8, 4) is 0 Å². The van der Waals surface area contributed by atoms with Gasteiger partial charge in [0.25, 0.3) is 0 Å². The molecule has 1 saturated heterocycles. The quantitative estimate of drug-likeness (QED) is 0.703. The zero-order chi connectivity index (χ0) is 23.5. The predicted octanol–water partition coefficient (Wildman–Crippen LogP) is 4.06. The summed E-state index contributed by atoms with van der Waals surface area (Å²) < 4.78 is 5.68. The number of likely N-dealkylation sites (N-methyl/N-ethyl adjacent to an activating group) is 1. The van der Waals surface area contributed by atoms with E-state index in [9.17, 15) is 19.5 Å². The van der Waals surface area contributed by atoms with E-state index in [-0.39, 0.29) is 18.4 Å². The molecular formula is C26H32N2O5. The van der Waals surface area contributed by atoms with Gasteiger partial charge in [0.1, 0.15) is 12.6 Å². The average molecular weight is 453 g/mol. The van der Waals surface area contributed by atoms with Gasteiger partial charge in [0.05, 0.1) is 6.42 Å². The van der Waals surface area contributed by atoms with Gasteiger partial charge in [-0.25, -0.2) is 4.79 Å². The molecule has 176 valence electrons. The van der Waals surface area contributed by atoms with Crippen molar-refractivity contribution in [2.75, 3.05) is 26.7 Å². The van der Waals surface area contributed by atoms with Crippen LogP contribution in [0.1, 0.15) is 56.1 Å². The lowest BCUT2D eigenvalue weighted by atomic mass is 9.86. The highest BCUT2D eigenvalue weighted by molar-refractivity contribution is 5.89. The van der Waals surface area contributed by atoms with Crippen LogP contribution in [0.15, 0.2) is 42.0 Å². The summed E-state index contributed by atoms with van der Waals surface area (Å²) in [6.45, 7) is 3.55. The molecule has 4 rings (SSSR count). The number of hydrogen-bond donors (Lipinski definition) is 1. The number of carboxylic acid groups (broad SMARTS) is 1. The topological polar surface area (TPSA) is 87.1 Å². The zero-order valence-corrected chi connectivity index (χ0v) is 19.3. The Morgan fingerprint density at radius 1 is 1.18 bits per heavy atom. The lowest BCUT2D eigenvalue weighted by Crippen LogP contribution is -2.51. The zero-order valence-electron chi connectivity index (χ0n) is 19.3. The fraction of sp³-hybridized carbons (Fsp3) is 0.500. The van der Waals surface area contributed by atoms with Gasteiger partial charge in [0.15, 0.2) is 0 Å². The number of carbonyl (C=O) groups is 3. The molecule has 0 radical (unpaired) electrons. The van der Waals surface area contributed by atoms with Crippen molar-refractivity contribution >= 4 is 23.5 Å². The second kappa shape index (κ2) is 9.81. The maximum Gasteiger partial charge on any atom is 0.410 e. The van der Waals surface area contributed by atoms with Crippen LogP contribution in [0.3, 0.4) is 0 Å². The molecule has 1 aromatic carbocycles. The number of benzene rings is 1. The molecule has 3 atom stereocenters. The lowest BCUT2D eigenvalue weighted by Gasteiger charge is -2.33. The summed E-state index contributed by atoms with van der Waals surface area (Å²) in [5.74, 6) is -1.11. The van der Waals surface area contributed by atoms with E-state index in [0.717, 1.165) is 36.1 Å². The van der Waals surface area contributed by atoms with Gasteiger partial charge >= 0.3 is 12.1 Å². The molecule has 0 bridgehead atoms. The molecule has 2 unspecified atom stereocenters. The number of ether oxygens (including phenoxy) is 1. The number of aliphatic carboxylic acids is 1. The van der Waals surface area contributed by atoms with E-state index < -0.39 is 24.5 Å². The summed E-state index contributed by atoms with van der Waals surface area (Å²) in [5, 5.41) is 9.36. The highest BCUT2D eigenvalue weighted by Gasteiger charge is 2.36. The summed E-state index contributed by atoms with van der Waals surface area (Å²) in [7, 11) is 1.45. The molecule has 1 heterocycles. The summed E-state index contributed by atoms with van der Waals surface area (Å²) in [6.07, 6.45) is 7.00. The van der Waals surface area contributed by atoms with E-state index in [1.165, 1.54) is 23.8 Å². The maximum atomic E-state index is 13.0. The first-order chi connectivity index (χ1) is 15.9. The van der Waals surface area contributed by atoms with Gasteiger partial charge in [-0.2, -0.15) is 0 Å². The molecule has 2 amide bonds. The van der Waals surface area contributed by atoms with Crippen LogP contribution in [-0.2, 0) is 14.3 Å². The van der Waals surface area contributed by atoms with Crippen molar-refractivity contribution in [2.24, 2.45) is 5.92 Å². The average Bonchev–Trinajstić information content (AvgIpc) is 3.15. The Hall–Kier alpha value is -3.09. The monoisotopic (exact) mass is 452 g/mol. The molecule has 1 aliphatic heterocycles. The van der Waals surface area contributed by atoms with Gasteiger partial charge in [-0.3, -0.25) is 14.5 Å². The number of hydrogen-bond acceptors (Lipinski definition) is 4. The smallest absolute Gasteiger partial charge is 0.410 e. The molecule has 33 heavy (non-hydrogen) atoms. The molecule has 1 N–H and O–H groups in total. The second-order valence-corrected chi connectivity index (χ2v) is 9.24. The molecule has 1 aromatic rings. The van der Waals surface area contributed by atoms with Crippen molar-refractivity contribution in [3.05, 3.63) is 53.1 Å². The third-order valence-corrected chi connectivity index (χ3v) is 7.04. The van der Waals surface area contributed by atoms with Crippen LogP contribution in [0, 0.1) is 5.92 Å². The third-order valence-electron chi connectivity index (χ3n) is 7.04. The minimum atomic E-state index is -1.12. The number of carboxylic acids is 1. The Bertz CT molecular complexity index is 992. The van der Waals surface area contributed by atoms with Crippen LogP contribution in [0.5, 0.6) is 0 Å². The summed E-state index contributed by atoms with van der Waals surface area (Å²) in [5.41, 5.74) is 4.84. The first-order valence-electron chi connectivity index (χ1n) is 11.8. The van der Waals surface area contributed by atoms with E-state index >= 15 is 0 Å². The second-order valence-electron chi connectivity index (χ2n) is 9.24. The number of nitrogens with zero attached hydrogens (tertiary/aromatic N) is 2. The van der Waals surface area contributed by atoms with Crippen molar-refractivity contribution in [1.29, 1.82) is 0 Å². The van der Waals surface area contributed by atoms with Crippen LogP contribution >= 0.6 is 0 Å². The van der Waals surface area contributed by atoms with Gasteiger partial charge in [0.2, 0.25) is 5.91 Å². The summed E-state index contributed by atoms with van der Waals surface area (Å²) in [6, 6.07) is 7.14. The Balaban J connectivity index is 1.48. The van der Waals surface area contributed by atoms with E-state index in [0.29, 0.717) is 19.0 Å². The highest BCUT2D eigenvalue weighted by atomic mass is 16.6. The predicted molar refractivity (Wildman–Crippen MR) is 125 cm³/mol. The first-order valence-corrected chi connectivity index (χ1v) is 11.8. The van der Waals surface area contributed by atoms with Crippen molar-refractivity contribution < 1.29 is 24.2 Å². The van der Waals surface area contributed by atoms with Gasteiger partial charge in [0, 0.05) is 26.1 Å². The van der Waals surface area contributed by atoms with Crippen LogP contribution in [-0.4, -0.2) is 65.7 Å². The standard InChI is InChI=1S/C26H32N2O5/c1-17-9-8-12-20-21(18-10-4-5-11-19(18)24(17)20)16-33-26(32)27(2)22(15-23(29)30)25(31)28-13-6-3-7-14-28/h4-5,8,10-12,17,21-22H,3,6-7,9,13-16H2,1-2H3,(H,29,30)/t17?,21?,22-/m0/s1. The Morgan fingerprint density at radius 3 is 2.64 bits per heavy atom. The van der Waals surface area contributed by atoms with Crippen LogP contribution < -0.4 is 0 Å². The van der Waals surface area contributed by atoms with E-state index in [4.69, 9.17) is 4.74 Å². The number of rotatable bonds is 6. The Labute approximate surface area is 194 Å². The Morgan fingerprint density at radius 2 is 1.91 bits per heavy atom. The maximum absolute atomic E-state index is 13.0. The first kappa shape index (κ1) is 23.1. The number of fused-ring (bicyclic) bond motifs is 2. The SMILES string of the molecule is CC1CC=CC2=C1c1ccccc1C2COC(=O)N(C)[C@@H](CC(=O)O)C(=O)N1CCCCC1. The van der Waals surface area contributed by atoms with Gasteiger partial charge < -0.3 is 14.7 Å². The number of allylic oxidation sites excluding steroid dienone is 3. The van der Waals surface area contributed by atoms with Gasteiger partial charge in [-0.15, -0.1) is 0 Å². The molecule has 7 nitrogen and oxygen atoms in total. The molecule has 0 spiro atoms. The fourth-order valence-corrected chi connectivity index (χ4v) is 5.27. The molecule has 1 fully saturated rings. The molecular weight excluding hydrogens is 420 g/mol. The van der Waals surface area contributed by atoms with E-state index in [1.54, 1.807) is 4.90 Å². The van der Waals surface area contributed by atoms with Gasteiger partial charge in [-0.1, -0.05) is 43.3 Å². The molecule has 2 aliphatic carbocycles. The molecule has 3 aliphatic rings. The Kier molecular flexibility index (Phi) is 6.86. The lowest BCUT2D eigenvalue weighted by molar-refractivity contribution is -0.145. The van der Waals surface area contributed by atoms with Crippen LogP contribution in [0.25, 0.3) is 5.57 Å². The highest BCUT2D eigenvalue weighted by Crippen LogP contribution is 2.48. The number of amides is 2. The van der Waals surface area contributed by atoms with E-state index in [2.05, 4.69) is 31.2 Å². The minimum Gasteiger partial charge on any atom is -0.481 e. The normalized spacial score (nSPS) is 22.4. The van der Waals surface area contributed by atoms with Gasteiger partial charge in [-0.05, 0) is 53.9 Å². The minimum absolute atomic E-state index is 0.0664. The largest absolute Gasteiger partial charge is 0.481 e. The molecule has 7 heteroatoms. The van der Waals surface area contributed by atoms with Crippen molar-refractivity contribution in [3.63, 3.8) is 0 Å². The van der Waals surface area contributed by atoms with Crippen LogP contribution in [0.4, 0.5) is 4.79 Å². The third kappa shape index (κ3) is 4.68.